The fourth-order valence-electron chi connectivity index (χ4n) is 1.70. The minimum absolute atomic E-state index is 0.0290. The van der Waals surface area contributed by atoms with Crippen LogP contribution in [-0.4, -0.2) is 7.11 Å². The first-order valence-electron chi connectivity index (χ1n) is 5.76. The van der Waals surface area contributed by atoms with Crippen LogP contribution in [0.1, 0.15) is 11.1 Å². The number of nitrogens with zero attached hydrogens (tertiary/aromatic N) is 1. The molecule has 2 rings (SSSR count). The Balaban J connectivity index is 2.47. The zero-order valence-electron chi connectivity index (χ0n) is 10.9. The average molecular weight is 292 g/mol. The first-order chi connectivity index (χ1) is 9.55. The van der Waals surface area contributed by atoms with Crippen LogP contribution in [0.5, 0.6) is 17.2 Å². The molecular formula is C15H11ClFNO2. The number of benzene rings is 2. The molecule has 0 aromatic heterocycles. The monoisotopic (exact) mass is 291 g/mol. The molecule has 0 radical (unpaired) electrons. The summed E-state index contributed by atoms with van der Waals surface area (Å²) >= 11 is 5.88. The molecule has 0 bridgehead atoms. The van der Waals surface area contributed by atoms with Gasteiger partial charge in [-0.25, -0.2) is 4.39 Å². The SMILES string of the molecule is COc1ccc(C)c(F)c1Oc1cc(Cl)cc(C#N)c1. The van der Waals surface area contributed by atoms with Gasteiger partial charge < -0.3 is 9.47 Å². The highest BCUT2D eigenvalue weighted by Gasteiger charge is 2.15. The minimum Gasteiger partial charge on any atom is -0.493 e. The number of nitriles is 1. The van der Waals surface area contributed by atoms with Gasteiger partial charge in [-0.15, -0.1) is 0 Å². The maximum Gasteiger partial charge on any atom is 0.205 e. The van der Waals surface area contributed by atoms with Gasteiger partial charge in [-0.1, -0.05) is 17.7 Å². The number of aryl methyl sites for hydroxylation is 1. The molecule has 0 fully saturated rings. The van der Waals surface area contributed by atoms with Crippen molar-refractivity contribution in [2.45, 2.75) is 6.92 Å². The van der Waals surface area contributed by atoms with Crippen molar-refractivity contribution in [2.75, 3.05) is 7.11 Å². The lowest BCUT2D eigenvalue weighted by atomic mass is 10.2. The molecule has 2 aromatic carbocycles. The molecule has 0 aliphatic heterocycles. The highest BCUT2D eigenvalue weighted by Crippen LogP contribution is 2.36. The summed E-state index contributed by atoms with van der Waals surface area (Å²) < 4.78 is 24.7. The van der Waals surface area contributed by atoms with Gasteiger partial charge in [-0.3, -0.25) is 0 Å². The highest BCUT2D eigenvalue weighted by molar-refractivity contribution is 6.30. The molecule has 20 heavy (non-hydrogen) atoms. The van der Waals surface area contributed by atoms with Gasteiger partial charge in [0.2, 0.25) is 5.75 Å². The minimum atomic E-state index is -0.511. The summed E-state index contributed by atoms with van der Waals surface area (Å²) in [6.45, 7) is 1.63. The van der Waals surface area contributed by atoms with Crippen molar-refractivity contribution in [1.82, 2.24) is 0 Å². The molecule has 0 heterocycles. The Bertz CT molecular complexity index is 695. The second kappa shape index (κ2) is 5.81. The van der Waals surface area contributed by atoms with E-state index in [0.29, 0.717) is 16.1 Å². The Hall–Kier alpha value is -2.25. The van der Waals surface area contributed by atoms with E-state index in [1.807, 2.05) is 6.07 Å². The maximum atomic E-state index is 14.1. The summed E-state index contributed by atoms with van der Waals surface area (Å²) in [7, 11) is 1.43. The van der Waals surface area contributed by atoms with Crippen LogP contribution in [0.4, 0.5) is 4.39 Å². The molecular weight excluding hydrogens is 281 g/mol. The van der Waals surface area contributed by atoms with Crippen LogP contribution in [0, 0.1) is 24.1 Å². The lowest BCUT2D eigenvalue weighted by molar-refractivity contribution is 0.363. The fourth-order valence-corrected chi connectivity index (χ4v) is 1.92. The second-order valence-electron chi connectivity index (χ2n) is 4.12. The number of hydrogen-bond acceptors (Lipinski definition) is 3. The first kappa shape index (κ1) is 14.2. The van der Waals surface area contributed by atoms with Gasteiger partial charge in [0.25, 0.3) is 0 Å². The molecule has 0 saturated heterocycles. The largest absolute Gasteiger partial charge is 0.493 e. The number of halogens is 2. The molecule has 0 spiro atoms. The van der Waals surface area contributed by atoms with E-state index in [4.69, 9.17) is 26.3 Å². The van der Waals surface area contributed by atoms with Gasteiger partial charge in [0.1, 0.15) is 5.75 Å². The second-order valence-corrected chi connectivity index (χ2v) is 4.55. The van der Waals surface area contributed by atoms with Gasteiger partial charge in [-0.05, 0) is 36.8 Å². The van der Waals surface area contributed by atoms with Crippen molar-refractivity contribution >= 4 is 11.6 Å². The van der Waals surface area contributed by atoms with Gasteiger partial charge in [0.05, 0.1) is 18.7 Å². The normalized spacial score (nSPS) is 9.95. The number of methoxy groups -OCH3 is 1. The van der Waals surface area contributed by atoms with Crippen LogP contribution in [0.15, 0.2) is 30.3 Å². The fraction of sp³-hybridized carbons (Fsp3) is 0.133. The molecule has 0 unspecified atom stereocenters. The average Bonchev–Trinajstić information content (AvgIpc) is 2.43. The van der Waals surface area contributed by atoms with E-state index in [1.54, 1.807) is 19.1 Å². The van der Waals surface area contributed by atoms with Gasteiger partial charge in [-0.2, -0.15) is 5.26 Å². The standard InChI is InChI=1S/C15H11ClFNO2/c1-9-3-4-13(19-2)15(14(9)17)20-12-6-10(8-18)5-11(16)7-12/h3-7H,1-2H3. The Labute approximate surface area is 121 Å². The van der Waals surface area contributed by atoms with E-state index in [0.717, 1.165) is 0 Å². The molecule has 2 aromatic rings. The van der Waals surface area contributed by atoms with Crippen LogP contribution < -0.4 is 9.47 Å². The molecule has 0 saturated carbocycles. The molecule has 0 N–H and O–H groups in total. The van der Waals surface area contributed by atoms with E-state index in [-0.39, 0.29) is 17.2 Å². The van der Waals surface area contributed by atoms with Gasteiger partial charge >= 0.3 is 0 Å². The Kier molecular flexibility index (Phi) is 4.11. The summed E-state index contributed by atoms with van der Waals surface area (Å²) in [5, 5.41) is 9.23. The third-order valence-corrected chi connectivity index (χ3v) is 2.91. The molecule has 0 amide bonds. The van der Waals surface area contributed by atoms with Crippen molar-refractivity contribution in [3.05, 3.63) is 52.3 Å². The summed E-state index contributed by atoms with van der Waals surface area (Å²) in [6.07, 6.45) is 0. The van der Waals surface area contributed by atoms with Crippen molar-refractivity contribution in [3.63, 3.8) is 0 Å². The summed E-state index contributed by atoms with van der Waals surface area (Å²) in [5.74, 6) is 0.00456. The molecule has 5 heteroatoms. The van der Waals surface area contributed by atoms with E-state index < -0.39 is 5.82 Å². The maximum absolute atomic E-state index is 14.1. The van der Waals surface area contributed by atoms with Crippen LogP contribution >= 0.6 is 11.6 Å². The van der Waals surface area contributed by atoms with Gasteiger partial charge in [0, 0.05) is 5.02 Å². The lowest BCUT2D eigenvalue weighted by Crippen LogP contribution is -1.96. The molecule has 102 valence electrons. The van der Waals surface area contributed by atoms with Crippen molar-refractivity contribution in [2.24, 2.45) is 0 Å². The smallest absolute Gasteiger partial charge is 0.205 e. The number of rotatable bonds is 3. The molecule has 3 nitrogen and oxygen atoms in total. The Morgan fingerprint density at radius 3 is 2.65 bits per heavy atom. The van der Waals surface area contributed by atoms with Crippen LogP contribution in [0.3, 0.4) is 0 Å². The molecule has 0 aliphatic rings. The summed E-state index contributed by atoms with van der Waals surface area (Å²) in [5.41, 5.74) is 0.767. The van der Waals surface area contributed by atoms with E-state index in [9.17, 15) is 4.39 Å². The van der Waals surface area contributed by atoms with E-state index >= 15 is 0 Å². The van der Waals surface area contributed by atoms with Crippen molar-refractivity contribution < 1.29 is 13.9 Å². The van der Waals surface area contributed by atoms with Crippen LogP contribution in [-0.2, 0) is 0 Å². The summed E-state index contributed by atoms with van der Waals surface area (Å²) in [6, 6.07) is 9.65. The third-order valence-electron chi connectivity index (χ3n) is 2.69. The number of ether oxygens (including phenoxy) is 2. The highest BCUT2D eigenvalue weighted by atomic mass is 35.5. The zero-order valence-corrected chi connectivity index (χ0v) is 11.7. The van der Waals surface area contributed by atoms with Crippen LogP contribution in [0.25, 0.3) is 0 Å². The Morgan fingerprint density at radius 1 is 1.25 bits per heavy atom. The van der Waals surface area contributed by atoms with E-state index in [1.165, 1.54) is 25.3 Å². The number of hydrogen-bond donors (Lipinski definition) is 0. The molecule has 0 aliphatic carbocycles. The summed E-state index contributed by atoms with van der Waals surface area (Å²) in [4.78, 5) is 0. The Morgan fingerprint density at radius 2 is 2.00 bits per heavy atom. The van der Waals surface area contributed by atoms with E-state index in [2.05, 4.69) is 0 Å². The lowest BCUT2D eigenvalue weighted by Gasteiger charge is -2.13. The molecule has 0 atom stereocenters. The quantitative estimate of drug-likeness (QED) is 0.838. The van der Waals surface area contributed by atoms with Crippen molar-refractivity contribution in [1.29, 1.82) is 5.26 Å². The van der Waals surface area contributed by atoms with Crippen LogP contribution in [0.2, 0.25) is 5.02 Å². The van der Waals surface area contributed by atoms with Crippen molar-refractivity contribution in [3.8, 4) is 23.3 Å². The predicted molar refractivity (Wildman–Crippen MR) is 73.9 cm³/mol. The third kappa shape index (κ3) is 2.84. The first-order valence-corrected chi connectivity index (χ1v) is 6.14. The topological polar surface area (TPSA) is 42.2 Å². The van der Waals surface area contributed by atoms with Gasteiger partial charge in [0.15, 0.2) is 11.6 Å². The zero-order chi connectivity index (χ0) is 14.7. The predicted octanol–water partition coefficient (Wildman–Crippen LogP) is 4.46.